The van der Waals surface area contributed by atoms with Gasteiger partial charge in [0.25, 0.3) is 0 Å². The van der Waals surface area contributed by atoms with Crippen LogP contribution in [0, 0.1) is 5.82 Å². The normalized spacial score (nSPS) is 10.3. The number of methoxy groups -OCH3 is 1. The molecule has 2 rings (SSSR count). The molecule has 5 heteroatoms. The maximum Gasteiger partial charge on any atom is 0.305 e. The van der Waals surface area contributed by atoms with Gasteiger partial charge in [0.05, 0.1) is 7.11 Å². The largest absolute Gasteiger partial charge is 0.489 e. The van der Waals surface area contributed by atoms with E-state index in [1.165, 1.54) is 19.2 Å². The molecule has 2 aromatic rings. The first kappa shape index (κ1) is 16.5. The van der Waals surface area contributed by atoms with Crippen molar-refractivity contribution in [3.63, 3.8) is 0 Å². The van der Waals surface area contributed by atoms with Gasteiger partial charge in [-0.05, 0) is 42.3 Å². The minimum Gasteiger partial charge on any atom is -0.489 e. The molecule has 0 saturated heterocycles. The fourth-order valence-electron chi connectivity index (χ4n) is 1.92. The Morgan fingerprint density at radius 3 is 2.59 bits per heavy atom. The maximum atomic E-state index is 13.2. The lowest BCUT2D eigenvalue weighted by Crippen LogP contribution is -2.02. The number of rotatable bonds is 6. The number of hydrogen-bond acceptors (Lipinski definition) is 3. The molecule has 0 spiro atoms. The van der Waals surface area contributed by atoms with E-state index in [4.69, 9.17) is 4.74 Å². The van der Waals surface area contributed by atoms with Gasteiger partial charge in [0.1, 0.15) is 18.2 Å². The van der Waals surface area contributed by atoms with Gasteiger partial charge < -0.3 is 9.47 Å². The number of esters is 1. The zero-order chi connectivity index (χ0) is 15.9. The lowest BCUT2D eigenvalue weighted by Gasteiger charge is -2.09. The summed E-state index contributed by atoms with van der Waals surface area (Å²) in [5.41, 5.74) is 1.78. The molecule has 0 aliphatic heterocycles. The summed E-state index contributed by atoms with van der Waals surface area (Å²) in [5, 5.41) is 0. The highest BCUT2D eigenvalue weighted by atomic mass is 79.9. The number of benzene rings is 2. The predicted octanol–water partition coefficient (Wildman–Crippen LogP) is 4.27. The summed E-state index contributed by atoms with van der Waals surface area (Å²) in [4.78, 5) is 11.1. The van der Waals surface area contributed by atoms with Crippen LogP contribution in [0.1, 0.15) is 17.5 Å². The van der Waals surface area contributed by atoms with Gasteiger partial charge in [-0.1, -0.05) is 28.1 Å². The van der Waals surface area contributed by atoms with Gasteiger partial charge in [-0.15, -0.1) is 0 Å². The van der Waals surface area contributed by atoms with Crippen LogP contribution in [0.3, 0.4) is 0 Å². The summed E-state index contributed by atoms with van der Waals surface area (Å²) in [7, 11) is 1.38. The van der Waals surface area contributed by atoms with Crippen LogP contribution in [-0.2, 0) is 22.6 Å². The molecule has 0 radical (unpaired) electrons. The van der Waals surface area contributed by atoms with Crippen molar-refractivity contribution in [2.45, 2.75) is 19.4 Å². The van der Waals surface area contributed by atoms with Crippen molar-refractivity contribution < 1.29 is 18.7 Å². The number of hydrogen-bond donors (Lipinski definition) is 0. The second-order valence-corrected chi connectivity index (χ2v) is 5.60. The standard InChI is InChI=1S/C17H16BrFO3/c1-21-17(20)9-4-12-2-6-15(7-3-12)22-11-13-10-14(19)5-8-16(13)18/h2-3,5-8,10H,4,9,11H2,1H3. The Balaban J connectivity index is 1.91. The monoisotopic (exact) mass is 366 g/mol. The molecule has 0 atom stereocenters. The molecule has 0 bridgehead atoms. The number of aryl methyl sites for hydroxylation is 1. The maximum absolute atomic E-state index is 13.2. The molecule has 0 aromatic heterocycles. The first-order valence-corrected chi connectivity index (χ1v) is 7.60. The molecule has 0 heterocycles. The van der Waals surface area contributed by atoms with Crippen molar-refractivity contribution in [2.24, 2.45) is 0 Å². The van der Waals surface area contributed by atoms with Crippen molar-refractivity contribution >= 4 is 21.9 Å². The molecular formula is C17H16BrFO3. The van der Waals surface area contributed by atoms with Gasteiger partial charge >= 0.3 is 5.97 Å². The van der Waals surface area contributed by atoms with Crippen LogP contribution < -0.4 is 4.74 Å². The third kappa shape index (κ3) is 4.84. The SMILES string of the molecule is COC(=O)CCc1ccc(OCc2cc(F)ccc2Br)cc1. The van der Waals surface area contributed by atoms with E-state index in [-0.39, 0.29) is 18.4 Å². The van der Waals surface area contributed by atoms with E-state index in [0.717, 1.165) is 15.6 Å². The quantitative estimate of drug-likeness (QED) is 0.716. The van der Waals surface area contributed by atoms with Crippen molar-refractivity contribution in [1.82, 2.24) is 0 Å². The minimum absolute atomic E-state index is 0.226. The van der Waals surface area contributed by atoms with Crippen LogP contribution >= 0.6 is 15.9 Å². The summed E-state index contributed by atoms with van der Waals surface area (Å²) >= 11 is 3.37. The molecule has 2 aromatic carbocycles. The number of halogens is 2. The number of ether oxygens (including phenoxy) is 2. The fraction of sp³-hybridized carbons (Fsp3) is 0.235. The zero-order valence-electron chi connectivity index (χ0n) is 12.1. The Morgan fingerprint density at radius 1 is 1.18 bits per heavy atom. The summed E-state index contributed by atoms with van der Waals surface area (Å²) in [6.07, 6.45) is 0.981. The highest BCUT2D eigenvalue weighted by Crippen LogP contribution is 2.21. The number of carbonyl (C=O) groups is 1. The first-order valence-electron chi connectivity index (χ1n) is 6.81. The molecule has 0 N–H and O–H groups in total. The summed E-state index contributed by atoms with van der Waals surface area (Å²) in [6.45, 7) is 0.278. The Kier molecular flexibility index (Phi) is 5.95. The Hall–Kier alpha value is -1.88. The summed E-state index contributed by atoms with van der Waals surface area (Å²) in [6, 6.07) is 12.0. The average molecular weight is 367 g/mol. The van der Waals surface area contributed by atoms with Crippen LogP contribution in [-0.4, -0.2) is 13.1 Å². The van der Waals surface area contributed by atoms with Crippen molar-refractivity contribution in [2.75, 3.05) is 7.11 Å². The zero-order valence-corrected chi connectivity index (χ0v) is 13.7. The molecule has 0 aliphatic carbocycles. The Labute approximate surface area is 137 Å². The molecule has 0 saturated carbocycles. The third-order valence-corrected chi connectivity index (χ3v) is 3.94. The van der Waals surface area contributed by atoms with Crippen LogP contribution in [0.15, 0.2) is 46.9 Å². The molecule has 0 aliphatic rings. The topological polar surface area (TPSA) is 35.5 Å². The van der Waals surface area contributed by atoms with Gasteiger partial charge in [0, 0.05) is 16.5 Å². The van der Waals surface area contributed by atoms with Gasteiger partial charge in [-0.3, -0.25) is 4.79 Å². The molecule has 116 valence electrons. The van der Waals surface area contributed by atoms with Crippen LogP contribution in [0.4, 0.5) is 4.39 Å². The lowest BCUT2D eigenvalue weighted by molar-refractivity contribution is -0.140. The second-order valence-electron chi connectivity index (χ2n) is 4.74. The van der Waals surface area contributed by atoms with E-state index in [1.807, 2.05) is 24.3 Å². The minimum atomic E-state index is -0.292. The van der Waals surface area contributed by atoms with Crippen molar-refractivity contribution in [3.05, 3.63) is 63.9 Å². The van der Waals surface area contributed by atoms with E-state index in [0.29, 0.717) is 18.6 Å². The summed E-state index contributed by atoms with van der Waals surface area (Å²) in [5.74, 6) is 0.175. The smallest absolute Gasteiger partial charge is 0.305 e. The number of carbonyl (C=O) groups excluding carboxylic acids is 1. The van der Waals surface area contributed by atoms with Crippen molar-refractivity contribution in [1.29, 1.82) is 0 Å². The molecule has 0 amide bonds. The fourth-order valence-corrected chi connectivity index (χ4v) is 2.28. The third-order valence-electron chi connectivity index (χ3n) is 3.17. The van der Waals surface area contributed by atoms with E-state index < -0.39 is 0 Å². The van der Waals surface area contributed by atoms with Crippen molar-refractivity contribution in [3.8, 4) is 5.75 Å². The molecule has 3 nitrogen and oxygen atoms in total. The van der Waals surface area contributed by atoms with E-state index in [9.17, 15) is 9.18 Å². The van der Waals surface area contributed by atoms with Gasteiger partial charge in [0.15, 0.2) is 0 Å². The lowest BCUT2D eigenvalue weighted by atomic mass is 10.1. The molecule has 22 heavy (non-hydrogen) atoms. The van der Waals surface area contributed by atoms with Crippen LogP contribution in [0.5, 0.6) is 5.75 Å². The van der Waals surface area contributed by atoms with E-state index in [1.54, 1.807) is 6.07 Å². The van der Waals surface area contributed by atoms with Gasteiger partial charge in [-0.25, -0.2) is 4.39 Å². The van der Waals surface area contributed by atoms with E-state index in [2.05, 4.69) is 20.7 Å². The Morgan fingerprint density at radius 2 is 1.91 bits per heavy atom. The second kappa shape index (κ2) is 7.94. The van der Waals surface area contributed by atoms with Gasteiger partial charge in [0.2, 0.25) is 0 Å². The molecular weight excluding hydrogens is 351 g/mol. The highest BCUT2D eigenvalue weighted by Gasteiger charge is 2.04. The highest BCUT2D eigenvalue weighted by molar-refractivity contribution is 9.10. The molecule has 0 fully saturated rings. The van der Waals surface area contributed by atoms with Gasteiger partial charge in [-0.2, -0.15) is 0 Å². The first-order chi connectivity index (χ1) is 10.6. The van der Waals surface area contributed by atoms with E-state index >= 15 is 0 Å². The molecule has 0 unspecified atom stereocenters. The summed E-state index contributed by atoms with van der Waals surface area (Å²) < 4.78 is 24.2. The Bertz CT molecular complexity index is 641. The van der Waals surface area contributed by atoms with Crippen LogP contribution in [0.25, 0.3) is 0 Å². The average Bonchev–Trinajstić information content (AvgIpc) is 2.54. The predicted molar refractivity (Wildman–Crippen MR) is 85.2 cm³/mol. The van der Waals surface area contributed by atoms with Crippen LogP contribution in [0.2, 0.25) is 0 Å².